The van der Waals surface area contributed by atoms with Crippen molar-refractivity contribution in [3.8, 4) is 0 Å². The summed E-state index contributed by atoms with van der Waals surface area (Å²) < 4.78 is 61.0. The van der Waals surface area contributed by atoms with E-state index < -0.39 is 48.9 Å². The zero-order valence-electron chi connectivity index (χ0n) is 26.9. The average Bonchev–Trinajstić information content (AvgIpc) is 2.73. The molecule has 0 aliphatic carbocycles. The van der Waals surface area contributed by atoms with Crippen molar-refractivity contribution < 1.29 is 30.3 Å². The van der Waals surface area contributed by atoms with Crippen LogP contribution in [0.25, 0.3) is 0 Å². The summed E-state index contributed by atoms with van der Waals surface area (Å²) in [5, 5.41) is 0. The minimum Gasteiger partial charge on any atom is -0.330 e. The molecule has 13 heteroatoms. The van der Waals surface area contributed by atoms with Crippen molar-refractivity contribution in [2.75, 3.05) is 0 Å². The van der Waals surface area contributed by atoms with Gasteiger partial charge in [0.1, 0.15) is 0 Å². The molecule has 0 N–H and O–H groups in total. The topological polar surface area (TPSA) is 80.3 Å². The molecule has 0 amide bonds. The summed E-state index contributed by atoms with van der Waals surface area (Å²) in [6, 6.07) is 0. The first-order valence-electron chi connectivity index (χ1n) is 14.2. The van der Waals surface area contributed by atoms with E-state index >= 15 is 0 Å². The van der Waals surface area contributed by atoms with Gasteiger partial charge in [0.15, 0.2) is 0 Å². The highest BCUT2D eigenvalue weighted by Gasteiger charge is 2.53. The molecule has 0 aromatic heterocycles. The van der Waals surface area contributed by atoms with E-state index in [1.54, 1.807) is 0 Å². The molecule has 0 fully saturated rings. The molecule has 37 heavy (non-hydrogen) atoms. The van der Waals surface area contributed by atoms with Crippen LogP contribution in [0.2, 0.25) is 74.5 Å². The minimum atomic E-state index is -4.31. The Bertz CT molecular complexity index is 688. The smallest absolute Gasteiger partial charge is 0.330 e. The van der Waals surface area contributed by atoms with Gasteiger partial charge < -0.3 is 16.9 Å². The molecule has 0 heterocycles. The van der Waals surface area contributed by atoms with Gasteiger partial charge in [0.2, 0.25) is 33.3 Å². The second-order valence-corrected chi connectivity index (χ2v) is 35.1. The SMILES string of the molecule is CCC(C)[Si](C)(C)OP(=O)(O[Si](C)(C)C(C)CC)OP(=O)(O[Si](C)(C)C(C)CC)O[Si](C)(C)C(C)CC. The van der Waals surface area contributed by atoms with E-state index in [0.717, 1.165) is 25.7 Å². The van der Waals surface area contributed by atoms with E-state index in [1.165, 1.54) is 0 Å². The number of hydrogen-bond donors (Lipinski definition) is 0. The van der Waals surface area contributed by atoms with Crippen molar-refractivity contribution in [1.82, 2.24) is 0 Å². The van der Waals surface area contributed by atoms with Crippen molar-refractivity contribution in [1.29, 1.82) is 0 Å². The fraction of sp³-hybridized carbons (Fsp3) is 1.00. The molecular weight excluding hydrogens is 575 g/mol. The van der Waals surface area contributed by atoms with Gasteiger partial charge in [0.25, 0.3) is 0 Å². The van der Waals surface area contributed by atoms with Crippen LogP contribution in [0.5, 0.6) is 0 Å². The van der Waals surface area contributed by atoms with Crippen LogP contribution in [0.3, 0.4) is 0 Å². The Kier molecular flexibility index (Phi) is 14.8. The Morgan fingerprint density at radius 3 is 0.757 bits per heavy atom. The summed E-state index contributed by atoms with van der Waals surface area (Å²) >= 11 is 0. The van der Waals surface area contributed by atoms with Gasteiger partial charge in [-0.3, -0.25) is 0 Å². The molecule has 0 aliphatic rings. The zero-order valence-corrected chi connectivity index (χ0v) is 32.7. The maximum absolute atomic E-state index is 14.7. The van der Waals surface area contributed by atoms with Crippen LogP contribution >= 0.6 is 15.6 Å². The van der Waals surface area contributed by atoms with Crippen LogP contribution in [-0.4, -0.2) is 33.3 Å². The third kappa shape index (κ3) is 11.5. The standard InChI is InChI=1S/C24H60O7P2Si4/c1-17-21(5)34(9,10)28-32(25,29-35(11,12)22(6)18-2)27-33(26,30-36(13,14)23(7)19-3)31-37(15,16)24(8)20-4/h21-24H,17-20H2,1-16H3. The maximum Gasteiger partial charge on any atom is 0.464 e. The van der Waals surface area contributed by atoms with E-state index in [9.17, 15) is 9.13 Å². The van der Waals surface area contributed by atoms with Crippen molar-refractivity contribution in [3.63, 3.8) is 0 Å². The lowest BCUT2D eigenvalue weighted by Gasteiger charge is -2.41. The van der Waals surface area contributed by atoms with E-state index in [1.807, 2.05) is 52.4 Å². The molecule has 4 atom stereocenters. The van der Waals surface area contributed by atoms with Crippen LogP contribution in [0, 0.1) is 0 Å². The lowest BCUT2D eigenvalue weighted by molar-refractivity contribution is 0.231. The van der Waals surface area contributed by atoms with Crippen LogP contribution in [0.1, 0.15) is 81.1 Å². The Morgan fingerprint density at radius 1 is 0.459 bits per heavy atom. The fourth-order valence-corrected chi connectivity index (χ4v) is 23.4. The summed E-state index contributed by atoms with van der Waals surface area (Å²) in [5.74, 6) is 0. The third-order valence-electron chi connectivity index (χ3n) is 8.78. The number of phosphoric acid groups is 2. The van der Waals surface area contributed by atoms with E-state index in [-0.39, 0.29) is 22.2 Å². The van der Waals surface area contributed by atoms with E-state index in [2.05, 4.69) is 55.4 Å². The van der Waals surface area contributed by atoms with Gasteiger partial charge in [0, 0.05) is 0 Å². The van der Waals surface area contributed by atoms with E-state index in [0.29, 0.717) is 0 Å². The molecule has 0 radical (unpaired) electrons. The normalized spacial score (nSPS) is 20.5. The summed E-state index contributed by atoms with van der Waals surface area (Å²) in [5.41, 5.74) is 0.776. The first kappa shape index (κ1) is 38.1. The highest BCUT2D eigenvalue weighted by Crippen LogP contribution is 2.71. The largest absolute Gasteiger partial charge is 0.464 e. The van der Waals surface area contributed by atoms with Gasteiger partial charge >= 0.3 is 15.6 Å². The molecule has 0 saturated carbocycles. The van der Waals surface area contributed by atoms with Crippen LogP contribution in [-0.2, 0) is 30.3 Å². The lowest BCUT2D eigenvalue weighted by atomic mass is 10.4. The molecule has 0 rings (SSSR count). The Labute approximate surface area is 234 Å². The van der Waals surface area contributed by atoms with Gasteiger partial charge in [-0.15, -0.1) is 0 Å². The summed E-state index contributed by atoms with van der Waals surface area (Å²) in [6.45, 7) is 32.9. The number of hydrogen-bond acceptors (Lipinski definition) is 7. The second-order valence-electron chi connectivity index (χ2n) is 13.0. The molecule has 0 bridgehead atoms. The third-order valence-corrected chi connectivity index (χ3v) is 32.6. The minimum absolute atomic E-state index is 0.194. The molecule has 0 aromatic carbocycles. The molecule has 4 unspecified atom stereocenters. The van der Waals surface area contributed by atoms with Crippen LogP contribution in [0.4, 0.5) is 0 Å². The monoisotopic (exact) mass is 634 g/mol. The molecule has 7 nitrogen and oxygen atoms in total. The van der Waals surface area contributed by atoms with Gasteiger partial charge in [-0.2, -0.15) is 4.31 Å². The van der Waals surface area contributed by atoms with Gasteiger partial charge in [-0.25, -0.2) is 9.13 Å². The second kappa shape index (κ2) is 14.3. The maximum atomic E-state index is 14.7. The highest BCUT2D eigenvalue weighted by atomic mass is 31.3. The molecule has 0 aliphatic heterocycles. The fourth-order valence-electron chi connectivity index (χ4n) is 3.71. The Morgan fingerprint density at radius 2 is 0.622 bits per heavy atom. The van der Waals surface area contributed by atoms with Crippen molar-refractivity contribution >= 4 is 48.9 Å². The molecular formula is C24H60O7P2Si4. The van der Waals surface area contributed by atoms with Gasteiger partial charge in [-0.1, -0.05) is 81.1 Å². The molecule has 0 spiro atoms. The Hall–Kier alpha value is 1.13. The summed E-state index contributed by atoms with van der Waals surface area (Å²) in [7, 11) is -18.9. The summed E-state index contributed by atoms with van der Waals surface area (Å²) in [6.07, 6.45) is 3.49. The first-order valence-corrected chi connectivity index (χ1v) is 29.1. The van der Waals surface area contributed by atoms with Crippen LogP contribution in [0.15, 0.2) is 0 Å². The van der Waals surface area contributed by atoms with Crippen molar-refractivity contribution in [2.24, 2.45) is 0 Å². The predicted molar refractivity (Wildman–Crippen MR) is 169 cm³/mol. The van der Waals surface area contributed by atoms with E-state index in [4.69, 9.17) is 21.2 Å². The first-order chi connectivity index (χ1) is 16.5. The predicted octanol–water partition coefficient (Wildman–Crippen LogP) is 11.3. The summed E-state index contributed by atoms with van der Waals surface area (Å²) in [4.78, 5) is 0. The van der Waals surface area contributed by atoms with Crippen molar-refractivity contribution in [3.05, 3.63) is 0 Å². The quantitative estimate of drug-likeness (QED) is 0.110. The highest BCUT2D eigenvalue weighted by molar-refractivity contribution is 7.65. The number of rotatable bonds is 18. The lowest BCUT2D eigenvalue weighted by Crippen LogP contribution is -2.41. The van der Waals surface area contributed by atoms with Crippen LogP contribution < -0.4 is 0 Å². The molecule has 224 valence electrons. The van der Waals surface area contributed by atoms with Crippen molar-refractivity contribution in [2.45, 2.75) is 156 Å². The van der Waals surface area contributed by atoms with Gasteiger partial charge in [-0.05, 0) is 74.5 Å². The van der Waals surface area contributed by atoms with Gasteiger partial charge in [0.05, 0.1) is 0 Å². The molecule has 0 aromatic rings. The zero-order chi connectivity index (χ0) is 29.7. The molecule has 0 saturated heterocycles. The average molecular weight is 635 g/mol. The Balaban J connectivity index is 6.84.